The van der Waals surface area contributed by atoms with E-state index in [1.54, 1.807) is 11.4 Å². The van der Waals surface area contributed by atoms with Gasteiger partial charge in [-0.2, -0.15) is 0 Å². The van der Waals surface area contributed by atoms with Crippen molar-refractivity contribution >= 4 is 17.3 Å². The molecule has 100 valence electrons. The van der Waals surface area contributed by atoms with E-state index in [1.807, 2.05) is 0 Å². The molecule has 0 radical (unpaired) electrons. The predicted molar refractivity (Wildman–Crippen MR) is 77.9 cm³/mol. The third kappa shape index (κ3) is 4.19. The lowest BCUT2D eigenvalue weighted by atomic mass is 10.1. The van der Waals surface area contributed by atoms with Gasteiger partial charge in [-0.1, -0.05) is 29.8 Å². The average molecular weight is 275 g/mol. The van der Waals surface area contributed by atoms with Crippen LogP contribution in [0.15, 0.2) is 35.7 Å². The van der Waals surface area contributed by atoms with Gasteiger partial charge in [0.2, 0.25) is 0 Å². The molecule has 0 fully saturated rings. The largest absolute Gasteiger partial charge is 0.478 e. The molecule has 0 bridgehead atoms. The number of benzene rings is 1. The summed E-state index contributed by atoms with van der Waals surface area (Å²) < 4.78 is 0. The highest BCUT2D eigenvalue weighted by Crippen LogP contribution is 2.14. The van der Waals surface area contributed by atoms with Crippen LogP contribution in [-0.4, -0.2) is 17.6 Å². The van der Waals surface area contributed by atoms with Crippen LogP contribution in [0.1, 0.15) is 26.4 Å². The molecule has 0 aliphatic carbocycles. The molecule has 19 heavy (non-hydrogen) atoms. The third-order valence-electron chi connectivity index (χ3n) is 2.87. The Morgan fingerprint density at radius 3 is 2.89 bits per heavy atom. The fourth-order valence-electron chi connectivity index (χ4n) is 1.90. The number of carboxylic acids is 1. The molecular weight excluding hydrogens is 258 g/mol. The maximum Gasteiger partial charge on any atom is 0.336 e. The molecule has 0 unspecified atom stereocenters. The van der Waals surface area contributed by atoms with Crippen molar-refractivity contribution in [3.05, 3.63) is 57.3 Å². The SMILES string of the molecule is Cc1cccc(CCNCc2cc(C(=O)O)cs2)c1. The van der Waals surface area contributed by atoms with Gasteiger partial charge < -0.3 is 10.4 Å². The van der Waals surface area contributed by atoms with Crippen molar-refractivity contribution < 1.29 is 9.90 Å². The summed E-state index contributed by atoms with van der Waals surface area (Å²) in [5, 5.41) is 13.9. The fourth-order valence-corrected chi connectivity index (χ4v) is 2.73. The molecule has 2 rings (SSSR count). The van der Waals surface area contributed by atoms with Gasteiger partial charge in [0.1, 0.15) is 0 Å². The highest BCUT2D eigenvalue weighted by Gasteiger charge is 2.05. The van der Waals surface area contributed by atoms with E-state index in [4.69, 9.17) is 5.11 Å². The standard InChI is InChI=1S/C15H17NO2S/c1-11-3-2-4-12(7-11)5-6-16-9-14-8-13(10-19-14)15(17)18/h2-4,7-8,10,16H,5-6,9H2,1H3,(H,17,18). The first kappa shape index (κ1) is 13.8. The normalized spacial score (nSPS) is 10.6. The number of hydrogen-bond donors (Lipinski definition) is 2. The molecule has 0 aliphatic heterocycles. The van der Waals surface area contributed by atoms with Crippen LogP contribution in [0.25, 0.3) is 0 Å². The van der Waals surface area contributed by atoms with Gasteiger partial charge in [0, 0.05) is 16.8 Å². The Hall–Kier alpha value is -1.65. The molecule has 0 amide bonds. The summed E-state index contributed by atoms with van der Waals surface area (Å²) in [5.41, 5.74) is 2.98. The number of carboxylic acid groups (broad SMARTS) is 1. The smallest absolute Gasteiger partial charge is 0.336 e. The summed E-state index contributed by atoms with van der Waals surface area (Å²) in [7, 11) is 0. The Kier molecular flexibility index (Phi) is 4.71. The molecule has 0 saturated heterocycles. The van der Waals surface area contributed by atoms with Crippen LogP contribution in [0, 0.1) is 6.92 Å². The van der Waals surface area contributed by atoms with Crippen LogP contribution in [-0.2, 0) is 13.0 Å². The van der Waals surface area contributed by atoms with Crippen molar-refractivity contribution in [1.29, 1.82) is 0 Å². The zero-order valence-corrected chi connectivity index (χ0v) is 11.7. The van der Waals surface area contributed by atoms with E-state index in [0.29, 0.717) is 5.56 Å². The number of nitrogens with one attached hydrogen (secondary N) is 1. The molecule has 1 aromatic heterocycles. The lowest BCUT2D eigenvalue weighted by Crippen LogP contribution is -2.16. The number of hydrogen-bond acceptors (Lipinski definition) is 3. The van der Waals surface area contributed by atoms with E-state index < -0.39 is 5.97 Å². The Balaban J connectivity index is 1.76. The van der Waals surface area contributed by atoms with Gasteiger partial charge in [-0.05, 0) is 31.5 Å². The monoisotopic (exact) mass is 275 g/mol. The van der Waals surface area contributed by atoms with E-state index in [1.165, 1.54) is 22.5 Å². The van der Waals surface area contributed by atoms with Crippen LogP contribution in [0.2, 0.25) is 0 Å². The van der Waals surface area contributed by atoms with Gasteiger partial charge in [-0.3, -0.25) is 0 Å². The van der Waals surface area contributed by atoms with Crippen molar-refractivity contribution in [3.8, 4) is 0 Å². The van der Waals surface area contributed by atoms with E-state index in [9.17, 15) is 4.79 Å². The number of aryl methyl sites for hydroxylation is 1. The lowest BCUT2D eigenvalue weighted by molar-refractivity contribution is 0.0697. The van der Waals surface area contributed by atoms with Crippen molar-refractivity contribution in [1.82, 2.24) is 5.32 Å². The number of rotatable bonds is 6. The summed E-state index contributed by atoms with van der Waals surface area (Å²) in [6.07, 6.45) is 0.985. The number of thiophene rings is 1. The van der Waals surface area contributed by atoms with Crippen molar-refractivity contribution in [2.24, 2.45) is 0 Å². The highest BCUT2D eigenvalue weighted by molar-refractivity contribution is 7.10. The fraction of sp³-hybridized carbons (Fsp3) is 0.267. The van der Waals surface area contributed by atoms with Crippen molar-refractivity contribution in [2.75, 3.05) is 6.54 Å². The van der Waals surface area contributed by atoms with Crippen LogP contribution in [0.4, 0.5) is 0 Å². The third-order valence-corrected chi connectivity index (χ3v) is 3.81. The average Bonchev–Trinajstić information content (AvgIpc) is 2.84. The molecule has 3 nitrogen and oxygen atoms in total. The molecule has 2 aromatic rings. The van der Waals surface area contributed by atoms with Gasteiger partial charge in [-0.25, -0.2) is 4.79 Å². The van der Waals surface area contributed by atoms with Gasteiger partial charge in [0.05, 0.1) is 5.56 Å². The van der Waals surface area contributed by atoms with Crippen molar-refractivity contribution in [2.45, 2.75) is 19.9 Å². The zero-order valence-electron chi connectivity index (χ0n) is 10.8. The molecule has 0 atom stereocenters. The lowest BCUT2D eigenvalue weighted by Gasteiger charge is -2.04. The molecule has 0 spiro atoms. The van der Waals surface area contributed by atoms with Crippen LogP contribution in [0.3, 0.4) is 0 Å². The van der Waals surface area contributed by atoms with E-state index in [0.717, 1.165) is 24.4 Å². The second-order valence-corrected chi connectivity index (χ2v) is 5.52. The van der Waals surface area contributed by atoms with Crippen LogP contribution >= 0.6 is 11.3 Å². The Bertz CT molecular complexity index is 563. The summed E-state index contributed by atoms with van der Waals surface area (Å²) in [6, 6.07) is 10.2. The highest BCUT2D eigenvalue weighted by atomic mass is 32.1. The predicted octanol–water partition coefficient (Wildman–Crippen LogP) is 3.09. The van der Waals surface area contributed by atoms with Crippen molar-refractivity contribution in [3.63, 3.8) is 0 Å². The molecular formula is C15H17NO2S. The molecule has 2 N–H and O–H groups in total. The maximum absolute atomic E-state index is 10.7. The van der Waals surface area contributed by atoms with Crippen LogP contribution in [0.5, 0.6) is 0 Å². The van der Waals surface area contributed by atoms with E-state index >= 15 is 0 Å². The van der Waals surface area contributed by atoms with Gasteiger partial charge in [0.15, 0.2) is 0 Å². The van der Waals surface area contributed by atoms with Gasteiger partial charge >= 0.3 is 5.97 Å². The summed E-state index contributed by atoms with van der Waals surface area (Å²) >= 11 is 1.48. The summed E-state index contributed by atoms with van der Waals surface area (Å²) in [6.45, 7) is 3.71. The number of carbonyl (C=O) groups is 1. The minimum atomic E-state index is -0.859. The molecule has 0 saturated carbocycles. The second kappa shape index (κ2) is 6.50. The molecule has 1 aromatic carbocycles. The summed E-state index contributed by atoms with van der Waals surface area (Å²) in [4.78, 5) is 11.8. The quantitative estimate of drug-likeness (QED) is 0.796. The minimum Gasteiger partial charge on any atom is -0.478 e. The van der Waals surface area contributed by atoms with Gasteiger partial charge in [-0.15, -0.1) is 11.3 Å². The Labute approximate surface area is 116 Å². The topological polar surface area (TPSA) is 49.3 Å². The van der Waals surface area contributed by atoms with Gasteiger partial charge in [0.25, 0.3) is 0 Å². The Morgan fingerprint density at radius 2 is 2.21 bits per heavy atom. The van der Waals surface area contributed by atoms with Crippen LogP contribution < -0.4 is 5.32 Å². The first-order valence-corrected chi connectivity index (χ1v) is 7.10. The first-order chi connectivity index (χ1) is 9.15. The Morgan fingerprint density at radius 1 is 1.37 bits per heavy atom. The summed E-state index contributed by atoms with van der Waals surface area (Å²) in [5.74, 6) is -0.859. The minimum absolute atomic E-state index is 0.375. The second-order valence-electron chi connectivity index (χ2n) is 4.52. The first-order valence-electron chi connectivity index (χ1n) is 6.22. The molecule has 4 heteroatoms. The van der Waals surface area contributed by atoms with E-state index in [2.05, 4.69) is 36.5 Å². The molecule has 1 heterocycles. The molecule has 0 aliphatic rings. The number of aromatic carboxylic acids is 1. The van der Waals surface area contributed by atoms with E-state index in [-0.39, 0.29) is 0 Å². The maximum atomic E-state index is 10.7. The zero-order chi connectivity index (χ0) is 13.7.